The summed E-state index contributed by atoms with van der Waals surface area (Å²) in [5.74, 6) is -0.935. The van der Waals surface area contributed by atoms with Gasteiger partial charge in [0.25, 0.3) is 5.91 Å². The number of fused-ring (bicyclic) bond motifs is 5. The second-order valence-electron chi connectivity index (χ2n) is 8.64. The third kappa shape index (κ3) is 2.94. The zero-order valence-electron chi connectivity index (χ0n) is 17.8. The number of hydrogen-bond acceptors (Lipinski definition) is 3. The van der Waals surface area contributed by atoms with Crippen LogP contribution in [0.4, 0.5) is 11.4 Å². The first-order chi connectivity index (χ1) is 15.0. The number of nitrogens with one attached hydrogen (secondary N) is 1. The van der Waals surface area contributed by atoms with Crippen molar-refractivity contribution in [1.82, 2.24) is 0 Å². The molecule has 2 aromatic rings. The van der Waals surface area contributed by atoms with Crippen LogP contribution >= 0.6 is 0 Å². The first kappa shape index (κ1) is 19.7. The van der Waals surface area contributed by atoms with Gasteiger partial charge in [-0.3, -0.25) is 14.4 Å². The molecule has 5 nitrogen and oxygen atoms in total. The molecule has 1 heterocycles. The minimum absolute atomic E-state index is 0.140. The Labute approximate surface area is 182 Å². The maximum Gasteiger partial charge on any atom is 0.257 e. The molecule has 2 aliphatic carbocycles. The Morgan fingerprint density at radius 3 is 2.06 bits per heavy atom. The van der Waals surface area contributed by atoms with E-state index in [1.54, 1.807) is 24.3 Å². The molecule has 1 N–H and O–H groups in total. The van der Waals surface area contributed by atoms with E-state index in [-0.39, 0.29) is 41.4 Å². The number of aryl methyl sites for hydroxylation is 2. The fraction of sp³-hybridized carbons (Fsp3) is 0.346. The highest BCUT2D eigenvalue weighted by molar-refractivity contribution is 6.25. The first-order valence-electron chi connectivity index (χ1n) is 11.1. The van der Waals surface area contributed by atoms with Crippen molar-refractivity contribution in [1.29, 1.82) is 0 Å². The molecule has 0 spiro atoms. The van der Waals surface area contributed by atoms with Crippen LogP contribution in [0.15, 0.2) is 54.6 Å². The number of nitrogens with zero attached hydrogens (tertiary/aromatic N) is 1. The number of para-hydroxylation sites is 2. The van der Waals surface area contributed by atoms with Crippen molar-refractivity contribution in [2.24, 2.45) is 23.7 Å². The summed E-state index contributed by atoms with van der Waals surface area (Å²) < 4.78 is 0. The summed E-state index contributed by atoms with van der Waals surface area (Å²) in [6.45, 7) is 4.11. The molecule has 0 aromatic heterocycles. The molecule has 0 radical (unpaired) electrons. The van der Waals surface area contributed by atoms with Crippen molar-refractivity contribution in [2.75, 3.05) is 10.2 Å². The van der Waals surface area contributed by atoms with Gasteiger partial charge in [-0.25, -0.2) is 4.90 Å². The third-order valence-electron chi connectivity index (χ3n) is 7.10. The smallest absolute Gasteiger partial charge is 0.257 e. The molecule has 0 unspecified atom stereocenters. The van der Waals surface area contributed by atoms with Gasteiger partial charge in [0.15, 0.2) is 0 Å². The summed E-state index contributed by atoms with van der Waals surface area (Å²) in [6, 6.07) is 13.0. The van der Waals surface area contributed by atoms with E-state index >= 15 is 0 Å². The van der Waals surface area contributed by atoms with Gasteiger partial charge < -0.3 is 5.32 Å². The van der Waals surface area contributed by atoms with Gasteiger partial charge in [-0.2, -0.15) is 0 Å². The fourth-order valence-corrected chi connectivity index (χ4v) is 5.58. The lowest BCUT2D eigenvalue weighted by atomic mass is 9.85. The Hall–Kier alpha value is -3.21. The highest BCUT2D eigenvalue weighted by atomic mass is 16.2. The van der Waals surface area contributed by atoms with Crippen LogP contribution in [0.25, 0.3) is 0 Å². The van der Waals surface area contributed by atoms with Crippen LogP contribution in [0.3, 0.4) is 0 Å². The second kappa shape index (κ2) is 7.49. The van der Waals surface area contributed by atoms with Crippen molar-refractivity contribution in [3.63, 3.8) is 0 Å². The van der Waals surface area contributed by atoms with Crippen LogP contribution in [-0.4, -0.2) is 17.7 Å². The number of carbonyl (C=O) groups excluding carboxylic acids is 3. The minimum Gasteiger partial charge on any atom is -0.321 e. The molecule has 2 bridgehead atoms. The molecule has 31 heavy (non-hydrogen) atoms. The number of rotatable bonds is 5. The maximum atomic E-state index is 13.4. The molecule has 158 valence electrons. The second-order valence-corrected chi connectivity index (χ2v) is 8.64. The Bertz CT molecular complexity index is 1070. The van der Waals surface area contributed by atoms with Gasteiger partial charge in [-0.1, -0.05) is 56.3 Å². The fourth-order valence-electron chi connectivity index (χ4n) is 5.58. The van der Waals surface area contributed by atoms with Gasteiger partial charge >= 0.3 is 0 Å². The lowest BCUT2D eigenvalue weighted by Gasteiger charge is -2.21. The first-order valence-corrected chi connectivity index (χ1v) is 11.1. The molecule has 1 saturated carbocycles. The number of carbonyl (C=O) groups is 3. The maximum absolute atomic E-state index is 13.4. The van der Waals surface area contributed by atoms with Crippen molar-refractivity contribution < 1.29 is 14.4 Å². The quantitative estimate of drug-likeness (QED) is 0.583. The Morgan fingerprint density at radius 1 is 0.903 bits per heavy atom. The summed E-state index contributed by atoms with van der Waals surface area (Å²) >= 11 is 0. The minimum atomic E-state index is -0.301. The van der Waals surface area contributed by atoms with Crippen LogP contribution in [0.2, 0.25) is 0 Å². The van der Waals surface area contributed by atoms with E-state index in [0.717, 1.165) is 36.1 Å². The summed E-state index contributed by atoms with van der Waals surface area (Å²) in [5.41, 5.74) is 3.69. The van der Waals surface area contributed by atoms with Gasteiger partial charge in [-0.15, -0.1) is 0 Å². The van der Waals surface area contributed by atoms with E-state index in [4.69, 9.17) is 0 Å². The van der Waals surface area contributed by atoms with E-state index in [0.29, 0.717) is 11.3 Å². The summed E-state index contributed by atoms with van der Waals surface area (Å²) in [7, 11) is 0. The molecule has 5 heteroatoms. The molecule has 4 atom stereocenters. The zero-order valence-corrected chi connectivity index (χ0v) is 17.8. The molecule has 1 aliphatic heterocycles. The molecule has 1 saturated heterocycles. The number of allylic oxidation sites excluding steroid dienone is 2. The van der Waals surface area contributed by atoms with E-state index in [1.165, 1.54) is 4.90 Å². The van der Waals surface area contributed by atoms with Gasteiger partial charge in [0.05, 0.1) is 23.1 Å². The summed E-state index contributed by atoms with van der Waals surface area (Å²) in [4.78, 5) is 41.1. The van der Waals surface area contributed by atoms with Crippen molar-refractivity contribution in [2.45, 2.75) is 33.1 Å². The monoisotopic (exact) mass is 414 g/mol. The van der Waals surface area contributed by atoms with Gasteiger partial charge in [0.2, 0.25) is 11.8 Å². The predicted octanol–water partition coefficient (Wildman–Crippen LogP) is 4.38. The molecular weight excluding hydrogens is 388 g/mol. The van der Waals surface area contributed by atoms with Crippen LogP contribution < -0.4 is 10.2 Å². The van der Waals surface area contributed by atoms with Crippen molar-refractivity contribution in [3.05, 3.63) is 71.3 Å². The van der Waals surface area contributed by atoms with Crippen molar-refractivity contribution in [3.8, 4) is 0 Å². The highest BCUT2D eigenvalue weighted by Gasteiger charge is 2.59. The number of anilines is 2. The highest BCUT2D eigenvalue weighted by Crippen LogP contribution is 2.53. The number of hydrogen-bond donors (Lipinski definition) is 1. The third-order valence-corrected chi connectivity index (χ3v) is 7.10. The Morgan fingerprint density at radius 2 is 1.48 bits per heavy atom. The van der Waals surface area contributed by atoms with Crippen LogP contribution in [0, 0.1) is 23.7 Å². The van der Waals surface area contributed by atoms with Crippen molar-refractivity contribution >= 4 is 29.1 Å². The topological polar surface area (TPSA) is 66.5 Å². The standard InChI is InChI=1S/C26H26N2O3/c1-3-15-8-7-9-16(4-2)23(15)27-24(29)19-10-5-6-11-20(19)28-25(30)21-17-12-13-18(14-17)22(21)26(28)31/h5-13,17-18,21-22H,3-4,14H2,1-2H3,(H,27,29)/t17-,18+,21-,22-/m0/s1. The molecule has 2 fully saturated rings. The Balaban J connectivity index is 1.49. The summed E-state index contributed by atoms with van der Waals surface area (Å²) in [6.07, 6.45) is 6.64. The largest absolute Gasteiger partial charge is 0.321 e. The summed E-state index contributed by atoms with van der Waals surface area (Å²) in [5, 5.41) is 3.07. The lowest BCUT2D eigenvalue weighted by Crippen LogP contribution is -2.34. The average molecular weight is 415 g/mol. The van der Waals surface area contributed by atoms with Crippen LogP contribution in [0.1, 0.15) is 41.8 Å². The predicted molar refractivity (Wildman–Crippen MR) is 120 cm³/mol. The van der Waals surface area contributed by atoms with E-state index in [2.05, 4.69) is 31.3 Å². The zero-order chi connectivity index (χ0) is 21.7. The number of amides is 3. The molecule has 3 aliphatic rings. The SMILES string of the molecule is CCc1cccc(CC)c1NC(=O)c1ccccc1N1C(=O)[C@@H]2[C@@H](C1=O)[C@H]1C=C[C@@H]2C1. The normalized spacial score (nSPS) is 25.9. The van der Waals surface area contributed by atoms with E-state index in [1.807, 2.05) is 18.2 Å². The van der Waals surface area contributed by atoms with E-state index in [9.17, 15) is 14.4 Å². The molecule has 3 amide bonds. The average Bonchev–Trinajstić information content (AvgIpc) is 3.47. The van der Waals surface area contributed by atoms with Gasteiger partial charge in [0.1, 0.15) is 0 Å². The van der Waals surface area contributed by atoms with Crippen LogP contribution in [-0.2, 0) is 22.4 Å². The van der Waals surface area contributed by atoms with Gasteiger partial charge in [0, 0.05) is 5.69 Å². The van der Waals surface area contributed by atoms with Crippen LogP contribution in [0.5, 0.6) is 0 Å². The van der Waals surface area contributed by atoms with Gasteiger partial charge in [-0.05, 0) is 54.4 Å². The molecule has 2 aromatic carbocycles. The molecular formula is C26H26N2O3. The number of imide groups is 1. The molecule has 5 rings (SSSR count). The lowest BCUT2D eigenvalue weighted by molar-refractivity contribution is -0.123. The van der Waals surface area contributed by atoms with E-state index < -0.39 is 0 Å². The Kier molecular flexibility index (Phi) is 4.77. The number of benzene rings is 2.